The molecule has 0 saturated carbocycles. The van der Waals surface area contributed by atoms with Crippen LogP contribution in [0.1, 0.15) is 16.7 Å². The van der Waals surface area contributed by atoms with Crippen LogP contribution in [-0.2, 0) is 21.4 Å². The smallest absolute Gasteiger partial charge is 0.272 e. The zero-order chi connectivity index (χ0) is 24.7. The Morgan fingerprint density at radius 3 is 2.38 bits per heavy atom. The van der Waals surface area contributed by atoms with Crippen LogP contribution in [-0.4, -0.2) is 36.3 Å². The normalized spacial score (nSPS) is 11.6. The molecule has 176 valence electrons. The molecule has 9 nitrogen and oxygen atoms in total. The molecule has 0 aliphatic heterocycles. The van der Waals surface area contributed by atoms with E-state index >= 15 is 0 Å². The number of para-hydroxylation sites is 1. The highest BCUT2D eigenvalue weighted by atomic mass is 35.5. The lowest BCUT2D eigenvalue weighted by atomic mass is 10.1. The Morgan fingerprint density at radius 1 is 1.09 bits per heavy atom. The number of carbonyl (C=O) groups is 1. The third-order valence-electron chi connectivity index (χ3n) is 4.78. The molecule has 11 heteroatoms. The SMILES string of the molecule is Cc1ccc(CN(CC(=O)N/N=C\c2ccccc2[N+](=O)[O-])S(=O)(=O)c2ccc(Cl)cc2)cc1. The summed E-state index contributed by atoms with van der Waals surface area (Å²) in [6, 6.07) is 18.8. The van der Waals surface area contributed by atoms with Gasteiger partial charge in [-0.05, 0) is 42.8 Å². The summed E-state index contributed by atoms with van der Waals surface area (Å²) in [5, 5.41) is 15.2. The molecule has 0 saturated heterocycles. The van der Waals surface area contributed by atoms with E-state index in [0.717, 1.165) is 16.1 Å². The molecule has 0 atom stereocenters. The van der Waals surface area contributed by atoms with Crippen LogP contribution >= 0.6 is 11.6 Å². The number of halogens is 1. The molecule has 0 heterocycles. The maximum Gasteiger partial charge on any atom is 0.278 e. The van der Waals surface area contributed by atoms with Crippen LogP contribution in [0.25, 0.3) is 0 Å². The van der Waals surface area contributed by atoms with Gasteiger partial charge in [0.2, 0.25) is 10.0 Å². The fourth-order valence-electron chi connectivity index (χ4n) is 3.01. The second kappa shape index (κ2) is 11.0. The first-order valence-corrected chi connectivity index (χ1v) is 11.9. The summed E-state index contributed by atoms with van der Waals surface area (Å²) in [7, 11) is -4.04. The van der Waals surface area contributed by atoms with Gasteiger partial charge in [0.05, 0.1) is 28.1 Å². The van der Waals surface area contributed by atoms with E-state index in [1.165, 1.54) is 42.5 Å². The zero-order valence-electron chi connectivity index (χ0n) is 18.1. The second-order valence-corrected chi connectivity index (χ2v) is 9.70. The third-order valence-corrected chi connectivity index (χ3v) is 6.84. The van der Waals surface area contributed by atoms with E-state index in [1.54, 1.807) is 18.2 Å². The first kappa shape index (κ1) is 25.0. The van der Waals surface area contributed by atoms with Gasteiger partial charge in [-0.1, -0.05) is 53.6 Å². The topological polar surface area (TPSA) is 122 Å². The van der Waals surface area contributed by atoms with Crippen LogP contribution in [0.5, 0.6) is 0 Å². The molecule has 3 aromatic rings. The number of hydrogen-bond acceptors (Lipinski definition) is 6. The summed E-state index contributed by atoms with van der Waals surface area (Å²) in [5.41, 5.74) is 3.96. The molecule has 0 aliphatic carbocycles. The van der Waals surface area contributed by atoms with Crippen molar-refractivity contribution < 1.29 is 18.1 Å². The van der Waals surface area contributed by atoms with Crippen LogP contribution in [0.15, 0.2) is 82.8 Å². The molecule has 1 amide bonds. The Bertz CT molecular complexity index is 1310. The van der Waals surface area contributed by atoms with E-state index < -0.39 is 27.4 Å². The molecule has 0 fully saturated rings. The number of nitro groups is 1. The predicted molar refractivity (Wildman–Crippen MR) is 129 cm³/mol. The number of rotatable bonds is 9. The van der Waals surface area contributed by atoms with Crippen LogP contribution in [0.4, 0.5) is 5.69 Å². The van der Waals surface area contributed by atoms with Gasteiger partial charge in [-0.2, -0.15) is 9.41 Å². The fraction of sp³-hybridized carbons (Fsp3) is 0.130. The van der Waals surface area contributed by atoms with Gasteiger partial charge in [0.15, 0.2) is 0 Å². The van der Waals surface area contributed by atoms with Gasteiger partial charge in [-0.15, -0.1) is 0 Å². The number of sulfonamides is 1. The monoisotopic (exact) mass is 500 g/mol. The molecule has 1 N–H and O–H groups in total. The molecular formula is C23H21ClN4O5S. The Kier molecular flexibility index (Phi) is 8.11. The summed E-state index contributed by atoms with van der Waals surface area (Å²) >= 11 is 5.88. The highest BCUT2D eigenvalue weighted by Crippen LogP contribution is 2.21. The summed E-state index contributed by atoms with van der Waals surface area (Å²) in [4.78, 5) is 23.1. The van der Waals surface area contributed by atoms with E-state index in [2.05, 4.69) is 10.5 Å². The maximum atomic E-state index is 13.3. The van der Waals surface area contributed by atoms with Gasteiger partial charge in [0, 0.05) is 17.6 Å². The Balaban J connectivity index is 1.80. The van der Waals surface area contributed by atoms with Crippen molar-refractivity contribution in [1.29, 1.82) is 0 Å². The van der Waals surface area contributed by atoms with Gasteiger partial charge in [0.25, 0.3) is 11.6 Å². The number of benzene rings is 3. The van der Waals surface area contributed by atoms with Crippen molar-refractivity contribution >= 4 is 39.4 Å². The predicted octanol–water partition coefficient (Wildman–Crippen LogP) is 3.90. The first-order chi connectivity index (χ1) is 16.2. The fourth-order valence-corrected chi connectivity index (χ4v) is 4.52. The van der Waals surface area contributed by atoms with Crippen LogP contribution in [0, 0.1) is 17.0 Å². The molecule has 0 aliphatic rings. The average Bonchev–Trinajstić information content (AvgIpc) is 2.80. The number of aryl methyl sites for hydroxylation is 1. The quantitative estimate of drug-likeness (QED) is 0.271. The van der Waals surface area contributed by atoms with E-state index in [0.29, 0.717) is 10.6 Å². The van der Waals surface area contributed by atoms with Crippen molar-refractivity contribution in [2.75, 3.05) is 6.54 Å². The molecule has 3 aromatic carbocycles. The van der Waals surface area contributed by atoms with Crippen molar-refractivity contribution in [1.82, 2.24) is 9.73 Å². The number of amides is 1. The Hall–Kier alpha value is -3.60. The lowest BCUT2D eigenvalue weighted by Crippen LogP contribution is -2.39. The number of carbonyl (C=O) groups excluding carboxylic acids is 1. The molecule has 0 radical (unpaired) electrons. The number of nitrogens with zero attached hydrogens (tertiary/aromatic N) is 3. The molecule has 0 spiro atoms. The van der Waals surface area contributed by atoms with Gasteiger partial charge < -0.3 is 0 Å². The zero-order valence-corrected chi connectivity index (χ0v) is 19.7. The number of nitrogens with one attached hydrogen (secondary N) is 1. The van der Waals surface area contributed by atoms with Gasteiger partial charge in [-0.25, -0.2) is 13.8 Å². The lowest BCUT2D eigenvalue weighted by molar-refractivity contribution is -0.385. The van der Waals surface area contributed by atoms with Gasteiger partial charge in [-0.3, -0.25) is 14.9 Å². The summed E-state index contributed by atoms with van der Waals surface area (Å²) in [5.74, 6) is -0.709. The molecule has 34 heavy (non-hydrogen) atoms. The highest BCUT2D eigenvalue weighted by molar-refractivity contribution is 7.89. The number of hydrogen-bond donors (Lipinski definition) is 1. The van der Waals surface area contributed by atoms with Crippen molar-refractivity contribution in [2.45, 2.75) is 18.4 Å². The maximum absolute atomic E-state index is 13.3. The second-order valence-electron chi connectivity index (χ2n) is 7.32. The first-order valence-electron chi connectivity index (χ1n) is 10.0. The average molecular weight is 501 g/mol. The molecule has 0 unspecified atom stereocenters. The van der Waals surface area contributed by atoms with Crippen LogP contribution in [0.2, 0.25) is 5.02 Å². The van der Waals surface area contributed by atoms with E-state index in [-0.39, 0.29) is 22.7 Å². The van der Waals surface area contributed by atoms with Crippen molar-refractivity contribution in [3.8, 4) is 0 Å². The molecular weight excluding hydrogens is 480 g/mol. The molecule has 0 bridgehead atoms. The van der Waals surface area contributed by atoms with E-state index in [1.807, 2.05) is 19.1 Å². The van der Waals surface area contributed by atoms with Gasteiger partial charge in [0.1, 0.15) is 0 Å². The summed E-state index contributed by atoms with van der Waals surface area (Å²) in [6.45, 7) is 1.34. The number of nitro benzene ring substituents is 1. The van der Waals surface area contributed by atoms with E-state index in [4.69, 9.17) is 11.6 Å². The standard InChI is InChI=1S/C23H21ClN4O5S/c1-17-6-8-18(9-7-17)15-27(34(32,33)21-12-10-20(24)11-13-21)16-23(29)26-25-14-19-4-2-3-5-22(19)28(30)31/h2-14H,15-16H2,1H3,(H,26,29)/b25-14-. The lowest BCUT2D eigenvalue weighted by Gasteiger charge is -2.21. The Morgan fingerprint density at radius 2 is 1.74 bits per heavy atom. The summed E-state index contributed by atoms with van der Waals surface area (Å²) in [6.07, 6.45) is 1.13. The molecule has 0 aromatic heterocycles. The third kappa shape index (κ3) is 6.47. The number of hydrazone groups is 1. The highest BCUT2D eigenvalue weighted by Gasteiger charge is 2.27. The minimum absolute atomic E-state index is 0.0137. The van der Waals surface area contributed by atoms with E-state index in [9.17, 15) is 23.3 Å². The minimum Gasteiger partial charge on any atom is -0.272 e. The van der Waals surface area contributed by atoms with Crippen molar-refractivity contribution in [3.63, 3.8) is 0 Å². The molecule has 3 rings (SSSR count). The van der Waals surface area contributed by atoms with Crippen molar-refractivity contribution in [2.24, 2.45) is 5.10 Å². The Labute approximate surface area is 201 Å². The van der Waals surface area contributed by atoms with Gasteiger partial charge >= 0.3 is 0 Å². The van der Waals surface area contributed by atoms with Crippen molar-refractivity contribution in [3.05, 3.63) is 105 Å². The minimum atomic E-state index is -4.04. The largest absolute Gasteiger partial charge is 0.278 e. The van der Waals surface area contributed by atoms with Crippen LogP contribution < -0.4 is 5.43 Å². The van der Waals surface area contributed by atoms with Crippen LogP contribution in [0.3, 0.4) is 0 Å². The summed E-state index contributed by atoms with van der Waals surface area (Å²) < 4.78 is 27.5.